The lowest BCUT2D eigenvalue weighted by molar-refractivity contribution is -0.300. The third kappa shape index (κ3) is 6.57. The molecule has 1 heterocycles. The van der Waals surface area contributed by atoms with Gasteiger partial charge in [-0.15, -0.1) is 0 Å². The zero-order valence-corrected chi connectivity index (χ0v) is 14.4. The molecule has 3 unspecified atom stereocenters. The molecular formula is C14H21N3O8. The number of carbonyl (C=O) groups excluding carboxylic acids is 3. The Morgan fingerprint density at radius 3 is 2.04 bits per heavy atom. The van der Waals surface area contributed by atoms with Crippen LogP contribution in [0.15, 0.2) is 5.11 Å². The van der Waals surface area contributed by atoms with Crippen LogP contribution in [-0.2, 0) is 38.1 Å². The van der Waals surface area contributed by atoms with E-state index in [0.29, 0.717) is 0 Å². The van der Waals surface area contributed by atoms with Gasteiger partial charge < -0.3 is 23.7 Å². The van der Waals surface area contributed by atoms with Crippen LogP contribution in [0.25, 0.3) is 10.4 Å². The molecule has 1 fully saturated rings. The lowest BCUT2D eigenvalue weighted by Crippen LogP contribution is -2.61. The Morgan fingerprint density at radius 2 is 1.52 bits per heavy atom. The Kier molecular flexibility index (Phi) is 8.12. The SMILES string of the molecule is CC(=O)OC1C(OC(C)=O)[C@H](OC(C)=O)C(C)O[C@H]1OCCN=[N+]=[N-]. The maximum atomic E-state index is 11.4. The zero-order valence-electron chi connectivity index (χ0n) is 14.4. The molecule has 0 aliphatic carbocycles. The highest BCUT2D eigenvalue weighted by Gasteiger charge is 2.50. The molecule has 25 heavy (non-hydrogen) atoms. The van der Waals surface area contributed by atoms with E-state index in [-0.39, 0.29) is 13.2 Å². The normalized spacial score (nSPS) is 28.4. The summed E-state index contributed by atoms with van der Waals surface area (Å²) in [5, 5.41) is 3.32. The first kappa shape index (κ1) is 20.7. The Hall–Kier alpha value is -2.36. The number of esters is 3. The summed E-state index contributed by atoms with van der Waals surface area (Å²) in [4.78, 5) is 36.8. The van der Waals surface area contributed by atoms with Crippen LogP contribution >= 0.6 is 0 Å². The highest BCUT2D eigenvalue weighted by molar-refractivity contribution is 5.68. The molecule has 1 saturated heterocycles. The molecule has 1 aliphatic heterocycles. The third-order valence-corrected chi connectivity index (χ3v) is 3.17. The molecule has 0 saturated carbocycles. The first-order valence-electron chi connectivity index (χ1n) is 7.55. The van der Waals surface area contributed by atoms with E-state index in [1.807, 2.05) is 0 Å². The molecule has 5 atom stereocenters. The van der Waals surface area contributed by atoms with Crippen molar-refractivity contribution < 1.29 is 38.1 Å². The first-order valence-corrected chi connectivity index (χ1v) is 7.55. The highest BCUT2D eigenvalue weighted by Crippen LogP contribution is 2.29. The Bertz CT molecular complexity index is 548. The summed E-state index contributed by atoms with van der Waals surface area (Å²) in [5.74, 6) is -1.92. The van der Waals surface area contributed by atoms with Crippen LogP contribution in [0.2, 0.25) is 0 Å². The van der Waals surface area contributed by atoms with Crippen molar-refractivity contribution in [3.05, 3.63) is 10.4 Å². The van der Waals surface area contributed by atoms with E-state index in [1.54, 1.807) is 6.92 Å². The Morgan fingerprint density at radius 1 is 1.00 bits per heavy atom. The minimum absolute atomic E-state index is 0.00969. The van der Waals surface area contributed by atoms with Gasteiger partial charge in [0, 0.05) is 32.2 Å². The van der Waals surface area contributed by atoms with Gasteiger partial charge in [-0.3, -0.25) is 14.4 Å². The second-order valence-corrected chi connectivity index (χ2v) is 5.26. The molecular weight excluding hydrogens is 338 g/mol. The molecule has 0 bridgehead atoms. The van der Waals surface area contributed by atoms with Crippen LogP contribution < -0.4 is 0 Å². The van der Waals surface area contributed by atoms with Gasteiger partial charge in [0.25, 0.3) is 0 Å². The van der Waals surface area contributed by atoms with Crippen LogP contribution in [0.3, 0.4) is 0 Å². The predicted molar refractivity (Wildman–Crippen MR) is 81.0 cm³/mol. The van der Waals surface area contributed by atoms with Gasteiger partial charge in [-0.25, -0.2) is 0 Å². The van der Waals surface area contributed by atoms with Crippen molar-refractivity contribution in [1.82, 2.24) is 0 Å². The van der Waals surface area contributed by atoms with Crippen molar-refractivity contribution in [1.29, 1.82) is 0 Å². The zero-order chi connectivity index (χ0) is 19.0. The molecule has 0 aromatic carbocycles. The summed E-state index contributed by atoms with van der Waals surface area (Å²) in [7, 11) is 0. The summed E-state index contributed by atoms with van der Waals surface area (Å²) in [6, 6.07) is 0. The van der Waals surface area contributed by atoms with E-state index in [9.17, 15) is 14.4 Å². The molecule has 11 heteroatoms. The van der Waals surface area contributed by atoms with E-state index in [2.05, 4.69) is 10.0 Å². The number of hydrogen-bond donors (Lipinski definition) is 0. The van der Waals surface area contributed by atoms with Crippen molar-refractivity contribution >= 4 is 17.9 Å². The topological polar surface area (TPSA) is 146 Å². The molecule has 11 nitrogen and oxygen atoms in total. The van der Waals surface area contributed by atoms with Crippen molar-refractivity contribution in [2.24, 2.45) is 5.11 Å². The van der Waals surface area contributed by atoms with Gasteiger partial charge in [0.1, 0.15) is 0 Å². The van der Waals surface area contributed by atoms with Crippen LogP contribution in [0, 0.1) is 0 Å². The van der Waals surface area contributed by atoms with E-state index in [0.717, 1.165) is 0 Å². The van der Waals surface area contributed by atoms with E-state index >= 15 is 0 Å². The molecule has 0 aromatic rings. The average Bonchev–Trinajstić information content (AvgIpc) is 2.49. The molecule has 0 spiro atoms. The molecule has 1 aliphatic rings. The highest BCUT2D eigenvalue weighted by atomic mass is 16.7. The summed E-state index contributed by atoms with van der Waals surface area (Å²) in [6.07, 6.45) is -5.05. The van der Waals surface area contributed by atoms with Crippen molar-refractivity contribution in [3.8, 4) is 0 Å². The number of rotatable bonds is 7. The van der Waals surface area contributed by atoms with Crippen molar-refractivity contribution in [2.75, 3.05) is 13.2 Å². The number of nitrogens with zero attached hydrogens (tertiary/aromatic N) is 3. The Balaban J connectivity index is 3.04. The Labute approximate surface area is 144 Å². The number of azide groups is 1. The lowest BCUT2D eigenvalue weighted by atomic mass is 9.99. The molecule has 0 N–H and O–H groups in total. The monoisotopic (exact) mass is 359 g/mol. The van der Waals surface area contributed by atoms with E-state index < -0.39 is 48.6 Å². The van der Waals surface area contributed by atoms with Gasteiger partial charge in [0.15, 0.2) is 24.6 Å². The van der Waals surface area contributed by atoms with E-state index in [1.165, 1.54) is 20.8 Å². The van der Waals surface area contributed by atoms with Gasteiger partial charge in [-0.1, -0.05) is 5.11 Å². The van der Waals surface area contributed by atoms with Gasteiger partial charge in [-0.05, 0) is 12.5 Å². The van der Waals surface area contributed by atoms with Gasteiger partial charge in [-0.2, -0.15) is 0 Å². The fourth-order valence-electron chi connectivity index (χ4n) is 2.36. The molecule has 140 valence electrons. The summed E-state index contributed by atoms with van der Waals surface area (Å²) in [6.45, 7) is 5.15. The maximum absolute atomic E-state index is 11.4. The maximum Gasteiger partial charge on any atom is 0.303 e. The van der Waals surface area contributed by atoms with Crippen molar-refractivity contribution in [3.63, 3.8) is 0 Å². The summed E-state index contributed by atoms with van der Waals surface area (Å²) >= 11 is 0. The minimum Gasteiger partial charge on any atom is -0.456 e. The smallest absolute Gasteiger partial charge is 0.303 e. The molecule has 1 rings (SSSR count). The second kappa shape index (κ2) is 9.82. The third-order valence-electron chi connectivity index (χ3n) is 3.17. The number of carbonyl (C=O) groups is 3. The van der Waals surface area contributed by atoms with Crippen LogP contribution in [-0.4, -0.2) is 61.8 Å². The van der Waals surface area contributed by atoms with Crippen LogP contribution in [0.1, 0.15) is 27.7 Å². The van der Waals surface area contributed by atoms with Gasteiger partial charge in [0.2, 0.25) is 0 Å². The minimum atomic E-state index is -1.16. The van der Waals surface area contributed by atoms with Crippen LogP contribution in [0.5, 0.6) is 0 Å². The molecule has 0 amide bonds. The largest absolute Gasteiger partial charge is 0.456 e. The standard InChI is InChI=1S/C14H21N3O8/c1-7-11(23-8(2)18)12(24-9(3)19)13(25-10(4)20)14(22-7)21-6-5-16-17-15/h7,11-14H,5-6H2,1-4H3/t7?,11-,12?,13?,14-/m1/s1. The number of hydrogen-bond acceptors (Lipinski definition) is 9. The molecule has 0 radical (unpaired) electrons. The fourth-order valence-corrected chi connectivity index (χ4v) is 2.36. The molecule has 0 aromatic heterocycles. The fraction of sp³-hybridized carbons (Fsp3) is 0.786. The summed E-state index contributed by atoms with van der Waals surface area (Å²) in [5.41, 5.74) is 8.27. The van der Waals surface area contributed by atoms with Gasteiger partial charge in [0.05, 0.1) is 12.7 Å². The summed E-state index contributed by atoms with van der Waals surface area (Å²) < 4.78 is 26.6. The van der Waals surface area contributed by atoms with Crippen LogP contribution in [0.4, 0.5) is 0 Å². The lowest BCUT2D eigenvalue weighted by Gasteiger charge is -2.43. The van der Waals surface area contributed by atoms with E-state index in [4.69, 9.17) is 29.2 Å². The first-order chi connectivity index (χ1) is 11.8. The van der Waals surface area contributed by atoms with Gasteiger partial charge >= 0.3 is 17.9 Å². The quantitative estimate of drug-likeness (QED) is 0.162. The van der Waals surface area contributed by atoms with Crippen molar-refractivity contribution in [2.45, 2.75) is 58.4 Å². The predicted octanol–water partition coefficient (Wildman–Crippen LogP) is 0.853. The second-order valence-electron chi connectivity index (χ2n) is 5.26. The average molecular weight is 359 g/mol. The number of ether oxygens (including phenoxy) is 5.